The lowest BCUT2D eigenvalue weighted by Gasteiger charge is -2.19. The molecule has 1 aromatic carbocycles. The fourth-order valence-electron chi connectivity index (χ4n) is 3.33. The van der Waals surface area contributed by atoms with Gasteiger partial charge in [-0.05, 0) is 31.0 Å². The van der Waals surface area contributed by atoms with E-state index >= 15 is 0 Å². The number of fused-ring (bicyclic) bond motifs is 1. The minimum absolute atomic E-state index is 0.682. The summed E-state index contributed by atoms with van der Waals surface area (Å²) in [6.45, 7) is 2.10. The van der Waals surface area contributed by atoms with E-state index in [2.05, 4.69) is 31.6 Å². The SMILES string of the molecule is Clc1cccc(Cl)c1SCc1cccn2c(N3CCCCCC3)nnc12. The molecule has 0 unspecified atom stereocenters. The Morgan fingerprint density at radius 1 is 0.923 bits per heavy atom. The zero-order valence-corrected chi connectivity index (χ0v) is 16.7. The number of hydrogen-bond donors (Lipinski definition) is 0. The van der Waals surface area contributed by atoms with Crippen molar-refractivity contribution in [2.75, 3.05) is 18.0 Å². The summed E-state index contributed by atoms with van der Waals surface area (Å²) in [4.78, 5) is 3.26. The molecule has 4 nitrogen and oxygen atoms in total. The highest BCUT2D eigenvalue weighted by Gasteiger charge is 2.17. The Morgan fingerprint density at radius 3 is 2.38 bits per heavy atom. The Labute approximate surface area is 167 Å². The molecule has 1 saturated heterocycles. The van der Waals surface area contributed by atoms with Crippen LogP contribution in [0.1, 0.15) is 31.2 Å². The maximum atomic E-state index is 6.29. The second-order valence-electron chi connectivity index (χ2n) is 6.47. The minimum Gasteiger partial charge on any atom is -0.341 e. The Balaban J connectivity index is 1.60. The first kappa shape index (κ1) is 18.0. The van der Waals surface area contributed by atoms with Gasteiger partial charge < -0.3 is 4.90 Å². The number of anilines is 1. The molecule has 0 saturated carbocycles. The number of rotatable bonds is 4. The average molecular weight is 407 g/mol. The van der Waals surface area contributed by atoms with E-state index < -0.39 is 0 Å². The van der Waals surface area contributed by atoms with Gasteiger partial charge in [0.05, 0.1) is 10.0 Å². The molecule has 1 aliphatic heterocycles. The van der Waals surface area contributed by atoms with E-state index in [0.29, 0.717) is 10.0 Å². The quantitative estimate of drug-likeness (QED) is 0.519. The van der Waals surface area contributed by atoms with Gasteiger partial charge in [0.25, 0.3) is 0 Å². The van der Waals surface area contributed by atoms with Crippen molar-refractivity contribution in [3.63, 3.8) is 0 Å². The van der Waals surface area contributed by atoms with Crippen LogP contribution < -0.4 is 4.90 Å². The highest BCUT2D eigenvalue weighted by molar-refractivity contribution is 7.98. The van der Waals surface area contributed by atoms with Gasteiger partial charge in [-0.3, -0.25) is 4.40 Å². The van der Waals surface area contributed by atoms with Gasteiger partial charge in [0.2, 0.25) is 5.95 Å². The smallest absolute Gasteiger partial charge is 0.231 e. The van der Waals surface area contributed by atoms with Crippen LogP contribution in [0.4, 0.5) is 5.95 Å². The fourth-order valence-corrected chi connectivity index (χ4v) is 4.99. The van der Waals surface area contributed by atoms with Gasteiger partial charge in [-0.2, -0.15) is 0 Å². The monoisotopic (exact) mass is 406 g/mol. The van der Waals surface area contributed by atoms with Crippen LogP contribution in [0.2, 0.25) is 10.0 Å². The van der Waals surface area contributed by atoms with E-state index in [-0.39, 0.29) is 0 Å². The summed E-state index contributed by atoms with van der Waals surface area (Å²) < 4.78 is 2.11. The molecule has 7 heteroatoms. The van der Waals surface area contributed by atoms with Gasteiger partial charge in [-0.1, -0.05) is 48.2 Å². The summed E-state index contributed by atoms with van der Waals surface area (Å²) in [6.07, 6.45) is 7.08. The van der Waals surface area contributed by atoms with E-state index in [9.17, 15) is 0 Å². The van der Waals surface area contributed by atoms with E-state index in [1.54, 1.807) is 11.8 Å². The van der Waals surface area contributed by atoms with Crippen molar-refractivity contribution in [2.24, 2.45) is 0 Å². The van der Waals surface area contributed by atoms with Gasteiger partial charge in [-0.15, -0.1) is 22.0 Å². The molecule has 2 aromatic heterocycles. The number of hydrogen-bond acceptors (Lipinski definition) is 4. The van der Waals surface area contributed by atoms with Crippen LogP contribution in [-0.4, -0.2) is 27.7 Å². The van der Waals surface area contributed by atoms with Crippen LogP contribution in [-0.2, 0) is 5.75 Å². The van der Waals surface area contributed by atoms with E-state index in [0.717, 1.165) is 40.9 Å². The predicted octanol–water partition coefficient (Wildman–Crippen LogP) is 5.71. The molecule has 4 rings (SSSR count). The third-order valence-electron chi connectivity index (χ3n) is 4.68. The summed E-state index contributed by atoms with van der Waals surface area (Å²) in [5, 5.41) is 10.3. The topological polar surface area (TPSA) is 33.4 Å². The Kier molecular flexibility index (Phi) is 5.57. The van der Waals surface area contributed by atoms with Crippen molar-refractivity contribution in [3.05, 3.63) is 52.1 Å². The molecule has 1 aliphatic rings. The lowest BCUT2D eigenvalue weighted by atomic mass is 10.2. The van der Waals surface area contributed by atoms with Gasteiger partial charge in [-0.25, -0.2) is 0 Å². The van der Waals surface area contributed by atoms with E-state index in [4.69, 9.17) is 23.2 Å². The zero-order chi connectivity index (χ0) is 17.9. The Morgan fingerprint density at radius 2 is 1.65 bits per heavy atom. The maximum Gasteiger partial charge on any atom is 0.231 e. The highest BCUT2D eigenvalue weighted by Crippen LogP contribution is 2.36. The maximum absolute atomic E-state index is 6.29. The molecule has 0 amide bonds. The molecule has 0 bridgehead atoms. The van der Waals surface area contributed by atoms with Crippen LogP contribution in [0.25, 0.3) is 5.65 Å². The second kappa shape index (κ2) is 8.07. The van der Waals surface area contributed by atoms with E-state index in [1.165, 1.54) is 25.7 Å². The van der Waals surface area contributed by atoms with Crippen molar-refractivity contribution >= 4 is 46.6 Å². The van der Waals surface area contributed by atoms with Crippen LogP contribution in [0.5, 0.6) is 0 Å². The number of aromatic nitrogens is 3. The van der Waals surface area contributed by atoms with Gasteiger partial charge >= 0.3 is 0 Å². The third-order valence-corrected chi connectivity index (χ3v) is 6.72. The molecule has 0 aliphatic carbocycles. The number of nitrogens with zero attached hydrogens (tertiary/aromatic N) is 4. The number of pyridine rings is 1. The van der Waals surface area contributed by atoms with Gasteiger partial charge in [0.1, 0.15) is 0 Å². The lowest BCUT2D eigenvalue weighted by Crippen LogP contribution is -2.26. The summed E-state index contributed by atoms with van der Waals surface area (Å²) in [5.74, 6) is 1.69. The normalized spacial score (nSPS) is 15.4. The summed E-state index contributed by atoms with van der Waals surface area (Å²) in [7, 11) is 0. The van der Waals surface area contributed by atoms with E-state index in [1.807, 2.05) is 24.4 Å². The number of benzene rings is 1. The molecule has 0 N–H and O–H groups in total. The zero-order valence-electron chi connectivity index (χ0n) is 14.4. The summed E-state index contributed by atoms with van der Waals surface area (Å²) in [6, 6.07) is 9.74. The molecule has 0 atom stereocenters. The minimum atomic E-state index is 0.682. The van der Waals surface area contributed by atoms with Crippen molar-refractivity contribution in [1.29, 1.82) is 0 Å². The second-order valence-corrected chi connectivity index (χ2v) is 8.27. The van der Waals surface area contributed by atoms with Crippen LogP contribution in [0.3, 0.4) is 0 Å². The first-order chi connectivity index (χ1) is 12.7. The fraction of sp³-hybridized carbons (Fsp3) is 0.368. The first-order valence-electron chi connectivity index (χ1n) is 8.88. The largest absolute Gasteiger partial charge is 0.341 e. The molecule has 136 valence electrons. The van der Waals surface area contributed by atoms with Crippen molar-refractivity contribution in [1.82, 2.24) is 14.6 Å². The van der Waals surface area contributed by atoms with Gasteiger partial charge in [0.15, 0.2) is 5.65 Å². The average Bonchev–Trinajstić information content (AvgIpc) is 2.89. The van der Waals surface area contributed by atoms with Crippen molar-refractivity contribution < 1.29 is 0 Å². The van der Waals surface area contributed by atoms with Crippen molar-refractivity contribution in [2.45, 2.75) is 36.3 Å². The van der Waals surface area contributed by atoms with Crippen LogP contribution in [0, 0.1) is 0 Å². The molecular weight excluding hydrogens is 387 g/mol. The molecule has 0 radical (unpaired) electrons. The Bertz CT molecular complexity index is 883. The molecular formula is C19H20Cl2N4S. The molecule has 3 heterocycles. The molecule has 3 aromatic rings. The first-order valence-corrected chi connectivity index (χ1v) is 10.6. The van der Waals surface area contributed by atoms with Gasteiger partial charge in [0, 0.05) is 35.5 Å². The van der Waals surface area contributed by atoms with Crippen LogP contribution in [0.15, 0.2) is 41.4 Å². The predicted molar refractivity (Wildman–Crippen MR) is 110 cm³/mol. The highest BCUT2D eigenvalue weighted by atomic mass is 35.5. The van der Waals surface area contributed by atoms with Crippen LogP contribution >= 0.6 is 35.0 Å². The molecule has 26 heavy (non-hydrogen) atoms. The Hall–Kier alpha value is -1.43. The van der Waals surface area contributed by atoms with Crippen molar-refractivity contribution in [3.8, 4) is 0 Å². The standard InChI is InChI=1S/C19H20Cl2N4S/c20-15-8-5-9-16(21)17(15)26-13-14-7-6-12-25-18(14)22-23-19(25)24-10-3-1-2-4-11-24/h5-9,12H,1-4,10-11,13H2. The number of halogens is 2. The lowest BCUT2D eigenvalue weighted by molar-refractivity contribution is 0.726. The molecule has 0 spiro atoms. The number of thioether (sulfide) groups is 1. The summed E-state index contributed by atoms with van der Waals surface area (Å²) in [5.41, 5.74) is 2.03. The molecule has 1 fully saturated rings. The summed E-state index contributed by atoms with van der Waals surface area (Å²) >= 11 is 14.2. The third kappa shape index (κ3) is 3.66.